The Kier molecular flexibility index (Phi) is 5.63. The predicted molar refractivity (Wildman–Crippen MR) is 102 cm³/mol. The summed E-state index contributed by atoms with van der Waals surface area (Å²) in [5.41, 5.74) is 3.28. The first-order chi connectivity index (χ1) is 12.6. The summed E-state index contributed by atoms with van der Waals surface area (Å²) < 4.78 is 10.6. The summed E-state index contributed by atoms with van der Waals surface area (Å²) in [6, 6.07) is 13.3. The minimum absolute atomic E-state index is 0.0603. The van der Waals surface area contributed by atoms with Gasteiger partial charge in [0.2, 0.25) is 0 Å². The summed E-state index contributed by atoms with van der Waals surface area (Å²) in [4.78, 5) is 25.0. The number of ether oxygens (including phenoxy) is 1. The summed E-state index contributed by atoms with van der Waals surface area (Å²) in [6.45, 7) is 1.65. The van der Waals surface area contributed by atoms with Crippen LogP contribution in [0.25, 0.3) is 11.0 Å². The van der Waals surface area contributed by atoms with Crippen LogP contribution in [0, 0.1) is 6.92 Å². The topological polar surface area (TPSA) is 68.5 Å². The molecule has 3 aromatic rings. The van der Waals surface area contributed by atoms with Gasteiger partial charge in [0.1, 0.15) is 5.58 Å². The maximum Gasteiger partial charge on any atom is 0.310 e. The number of furan rings is 1. The van der Waals surface area contributed by atoms with Gasteiger partial charge in [-0.2, -0.15) is 0 Å². The molecule has 1 heterocycles. The molecular formula is C20H19NO4S. The Morgan fingerprint density at radius 2 is 2.00 bits per heavy atom. The van der Waals surface area contributed by atoms with E-state index < -0.39 is 5.97 Å². The van der Waals surface area contributed by atoms with Crippen molar-refractivity contribution in [3.63, 3.8) is 0 Å². The third-order valence-corrected chi connectivity index (χ3v) is 4.69. The van der Waals surface area contributed by atoms with Gasteiger partial charge in [-0.3, -0.25) is 9.59 Å². The molecule has 0 saturated carbocycles. The average Bonchev–Trinajstić information content (AvgIpc) is 3.02. The fraction of sp³-hybridized carbons (Fsp3) is 0.200. The molecule has 6 heteroatoms. The molecule has 1 amide bonds. The first-order valence-electron chi connectivity index (χ1n) is 8.12. The molecule has 5 nitrogen and oxygen atoms in total. The van der Waals surface area contributed by atoms with Crippen LogP contribution in [0.5, 0.6) is 0 Å². The number of carbonyl (C=O) groups excluding carboxylic acids is 2. The zero-order chi connectivity index (χ0) is 18.5. The van der Waals surface area contributed by atoms with Crippen LogP contribution in [0.1, 0.15) is 11.1 Å². The SMILES string of the molecule is CSc1ccccc1NC(=O)COC(=O)Cc1coc2cc(C)ccc12. The second-order valence-corrected chi connectivity index (χ2v) is 6.69. The van der Waals surface area contributed by atoms with Crippen LogP contribution < -0.4 is 5.32 Å². The number of thioether (sulfide) groups is 1. The van der Waals surface area contributed by atoms with Gasteiger partial charge in [-0.15, -0.1) is 11.8 Å². The Bertz CT molecular complexity index is 948. The number of benzene rings is 2. The van der Waals surface area contributed by atoms with Gasteiger partial charge in [0.05, 0.1) is 18.4 Å². The van der Waals surface area contributed by atoms with Gasteiger partial charge in [-0.05, 0) is 36.9 Å². The summed E-state index contributed by atoms with van der Waals surface area (Å²) in [5, 5.41) is 3.64. The van der Waals surface area contributed by atoms with Crippen LogP contribution in [0.3, 0.4) is 0 Å². The predicted octanol–water partition coefficient (Wildman–Crippen LogP) is 4.19. The molecule has 0 spiro atoms. The van der Waals surface area contributed by atoms with E-state index in [1.54, 1.807) is 6.26 Å². The number of hydrogen-bond acceptors (Lipinski definition) is 5. The second-order valence-electron chi connectivity index (χ2n) is 5.85. The van der Waals surface area contributed by atoms with Crippen molar-refractivity contribution in [1.82, 2.24) is 0 Å². The van der Waals surface area contributed by atoms with Gasteiger partial charge in [-0.25, -0.2) is 0 Å². The monoisotopic (exact) mass is 369 g/mol. The third kappa shape index (κ3) is 4.26. The van der Waals surface area contributed by atoms with E-state index in [-0.39, 0.29) is 18.9 Å². The van der Waals surface area contributed by atoms with Crippen LogP contribution in [0.2, 0.25) is 0 Å². The molecule has 0 aliphatic rings. The third-order valence-electron chi connectivity index (χ3n) is 3.89. The van der Waals surface area contributed by atoms with Gasteiger partial charge in [0.25, 0.3) is 5.91 Å². The second kappa shape index (κ2) is 8.10. The maximum absolute atomic E-state index is 12.1. The number of carbonyl (C=O) groups is 2. The Morgan fingerprint density at radius 1 is 1.19 bits per heavy atom. The van der Waals surface area contributed by atoms with Gasteiger partial charge >= 0.3 is 5.97 Å². The van der Waals surface area contributed by atoms with Gasteiger partial charge in [0, 0.05) is 15.8 Å². The molecule has 134 valence electrons. The fourth-order valence-electron chi connectivity index (χ4n) is 2.61. The number of rotatable bonds is 6. The number of hydrogen-bond donors (Lipinski definition) is 1. The molecule has 0 unspecified atom stereocenters. The molecule has 2 aromatic carbocycles. The van der Waals surface area contributed by atoms with Crippen molar-refractivity contribution in [2.45, 2.75) is 18.2 Å². The van der Waals surface area contributed by atoms with Crippen LogP contribution in [-0.4, -0.2) is 24.7 Å². The maximum atomic E-state index is 12.1. The Balaban J connectivity index is 1.55. The quantitative estimate of drug-likeness (QED) is 0.521. The van der Waals surface area contributed by atoms with Gasteiger partial charge in [0.15, 0.2) is 6.61 Å². The van der Waals surface area contributed by atoms with E-state index in [4.69, 9.17) is 9.15 Å². The summed E-state index contributed by atoms with van der Waals surface area (Å²) >= 11 is 1.53. The molecule has 1 aromatic heterocycles. The number of esters is 1. The molecular weight excluding hydrogens is 350 g/mol. The molecule has 0 aliphatic carbocycles. The van der Waals surface area contributed by atoms with Gasteiger partial charge in [-0.1, -0.05) is 24.3 Å². The van der Waals surface area contributed by atoms with E-state index in [1.165, 1.54) is 11.8 Å². The van der Waals surface area contributed by atoms with Crippen molar-refractivity contribution in [3.05, 3.63) is 59.9 Å². The lowest BCUT2D eigenvalue weighted by Gasteiger charge is -2.09. The molecule has 1 N–H and O–H groups in total. The van der Waals surface area contributed by atoms with Crippen molar-refractivity contribution in [2.24, 2.45) is 0 Å². The van der Waals surface area contributed by atoms with Crippen molar-refractivity contribution in [2.75, 3.05) is 18.2 Å². The number of anilines is 1. The Labute approximate surface area is 155 Å². The highest BCUT2D eigenvalue weighted by Crippen LogP contribution is 2.25. The average molecular weight is 369 g/mol. The Hall–Kier alpha value is -2.73. The normalized spacial score (nSPS) is 10.7. The molecule has 3 rings (SSSR count). The first-order valence-corrected chi connectivity index (χ1v) is 9.34. The summed E-state index contributed by atoms with van der Waals surface area (Å²) in [7, 11) is 0. The smallest absolute Gasteiger partial charge is 0.310 e. The van der Waals surface area contributed by atoms with Crippen molar-refractivity contribution >= 4 is 40.3 Å². The van der Waals surface area contributed by atoms with Crippen LogP contribution in [0.15, 0.2) is 58.0 Å². The molecule has 26 heavy (non-hydrogen) atoms. The van der Waals surface area contributed by atoms with E-state index >= 15 is 0 Å². The number of aryl methyl sites for hydroxylation is 1. The molecule has 0 saturated heterocycles. The van der Waals surface area contributed by atoms with E-state index in [1.807, 2.05) is 55.6 Å². The van der Waals surface area contributed by atoms with Crippen LogP contribution in [0.4, 0.5) is 5.69 Å². The highest BCUT2D eigenvalue weighted by atomic mass is 32.2. The van der Waals surface area contributed by atoms with E-state index in [0.29, 0.717) is 5.69 Å². The van der Waals surface area contributed by atoms with E-state index in [2.05, 4.69) is 5.32 Å². The molecule has 0 fully saturated rings. The zero-order valence-corrected chi connectivity index (χ0v) is 15.4. The minimum Gasteiger partial charge on any atom is -0.464 e. The summed E-state index contributed by atoms with van der Waals surface area (Å²) in [6.07, 6.45) is 3.55. The molecule has 0 atom stereocenters. The summed E-state index contributed by atoms with van der Waals surface area (Å²) in [5.74, 6) is -0.839. The largest absolute Gasteiger partial charge is 0.464 e. The molecule has 0 bridgehead atoms. The van der Waals surface area contributed by atoms with Crippen LogP contribution >= 0.6 is 11.8 Å². The highest BCUT2D eigenvalue weighted by molar-refractivity contribution is 7.98. The van der Waals surface area contributed by atoms with Crippen molar-refractivity contribution < 1.29 is 18.7 Å². The van der Waals surface area contributed by atoms with Crippen molar-refractivity contribution in [3.8, 4) is 0 Å². The molecule has 0 aliphatic heterocycles. The lowest BCUT2D eigenvalue weighted by atomic mass is 10.1. The van der Waals surface area contributed by atoms with Crippen LogP contribution in [-0.2, 0) is 20.7 Å². The molecule has 0 radical (unpaired) electrons. The number of fused-ring (bicyclic) bond motifs is 1. The minimum atomic E-state index is -0.471. The first kappa shape index (κ1) is 18.1. The Morgan fingerprint density at radius 3 is 2.81 bits per heavy atom. The lowest BCUT2D eigenvalue weighted by Crippen LogP contribution is -2.21. The fourth-order valence-corrected chi connectivity index (χ4v) is 3.17. The van der Waals surface area contributed by atoms with E-state index in [0.717, 1.165) is 27.0 Å². The number of amides is 1. The zero-order valence-electron chi connectivity index (χ0n) is 14.6. The standard InChI is InChI=1S/C20H19NO4S/c1-13-7-8-15-14(11-24-17(15)9-13)10-20(23)25-12-19(22)21-16-5-3-4-6-18(16)26-2/h3-9,11H,10,12H2,1-2H3,(H,21,22). The lowest BCUT2D eigenvalue weighted by molar-refractivity contribution is -0.146. The van der Waals surface area contributed by atoms with Gasteiger partial charge < -0.3 is 14.5 Å². The number of para-hydroxylation sites is 1. The van der Waals surface area contributed by atoms with Crippen molar-refractivity contribution in [1.29, 1.82) is 0 Å². The number of nitrogens with one attached hydrogen (secondary N) is 1. The highest BCUT2D eigenvalue weighted by Gasteiger charge is 2.14. The van der Waals surface area contributed by atoms with E-state index in [9.17, 15) is 9.59 Å².